The zero-order valence-electron chi connectivity index (χ0n) is 10.6. The summed E-state index contributed by atoms with van der Waals surface area (Å²) in [4.78, 5) is 12.1. The Kier molecular flexibility index (Phi) is 4.73. The number of unbranched alkanes of at least 4 members (excludes halogenated alkanes) is 1. The van der Waals surface area contributed by atoms with Crippen LogP contribution in [0.5, 0.6) is 0 Å². The highest BCUT2D eigenvalue weighted by molar-refractivity contribution is 5.83. The molecular weight excluding hydrogens is 226 g/mol. The van der Waals surface area contributed by atoms with E-state index in [1.807, 2.05) is 18.2 Å². The van der Waals surface area contributed by atoms with Gasteiger partial charge in [-0.2, -0.15) is 0 Å². The highest BCUT2D eigenvalue weighted by atomic mass is 16.2. The third-order valence-electron chi connectivity index (χ3n) is 3.30. The van der Waals surface area contributed by atoms with Crippen molar-refractivity contribution in [2.45, 2.75) is 25.3 Å². The van der Waals surface area contributed by atoms with E-state index >= 15 is 0 Å². The van der Waals surface area contributed by atoms with Crippen LogP contribution in [-0.4, -0.2) is 25.5 Å². The van der Waals surface area contributed by atoms with Gasteiger partial charge in [0.05, 0.1) is 0 Å². The fourth-order valence-electron chi connectivity index (χ4n) is 2.32. The SMILES string of the molecule is NCCCCNC(=O)C1NCCc2ccccc21. The number of carbonyl (C=O) groups excluding carboxylic acids is 1. The Balaban J connectivity index is 1.95. The number of hydrogen-bond donors (Lipinski definition) is 3. The molecule has 2 rings (SSSR count). The van der Waals surface area contributed by atoms with Crippen LogP contribution in [-0.2, 0) is 11.2 Å². The normalized spacial score (nSPS) is 18.2. The Hall–Kier alpha value is -1.39. The molecule has 0 spiro atoms. The van der Waals surface area contributed by atoms with Crippen molar-refractivity contribution in [1.29, 1.82) is 0 Å². The Morgan fingerprint density at radius 2 is 2.22 bits per heavy atom. The van der Waals surface area contributed by atoms with Crippen LogP contribution in [0.4, 0.5) is 0 Å². The van der Waals surface area contributed by atoms with Gasteiger partial charge in [-0.05, 0) is 36.9 Å². The van der Waals surface area contributed by atoms with Gasteiger partial charge in [-0.15, -0.1) is 0 Å². The van der Waals surface area contributed by atoms with Crippen LogP contribution < -0.4 is 16.4 Å². The van der Waals surface area contributed by atoms with E-state index in [4.69, 9.17) is 5.73 Å². The number of rotatable bonds is 5. The summed E-state index contributed by atoms with van der Waals surface area (Å²) >= 11 is 0. The smallest absolute Gasteiger partial charge is 0.241 e. The second-order valence-corrected chi connectivity index (χ2v) is 4.62. The molecule has 0 bridgehead atoms. The molecule has 4 nitrogen and oxygen atoms in total. The molecule has 1 aromatic carbocycles. The van der Waals surface area contributed by atoms with Crippen LogP contribution in [0.3, 0.4) is 0 Å². The molecule has 1 atom stereocenters. The summed E-state index contributed by atoms with van der Waals surface area (Å²) in [6.07, 6.45) is 2.89. The van der Waals surface area contributed by atoms with Crippen LogP contribution >= 0.6 is 0 Å². The summed E-state index contributed by atoms with van der Waals surface area (Å²) in [5.74, 6) is 0.0687. The van der Waals surface area contributed by atoms with E-state index in [1.165, 1.54) is 5.56 Å². The van der Waals surface area contributed by atoms with Crippen molar-refractivity contribution in [3.63, 3.8) is 0 Å². The van der Waals surface area contributed by atoms with Gasteiger partial charge in [-0.3, -0.25) is 4.79 Å². The summed E-state index contributed by atoms with van der Waals surface area (Å²) in [5, 5.41) is 6.25. The third-order valence-corrected chi connectivity index (χ3v) is 3.30. The average molecular weight is 247 g/mol. The van der Waals surface area contributed by atoms with E-state index in [0.717, 1.165) is 31.4 Å². The molecule has 1 aliphatic rings. The fraction of sp³-hybridized carbons (Fsp3) is 0.500. The number of benzene rings is 1. The highest BCUT2D eigenvalue weighted by Gasteiger charge is 2.24. The van der Waals surface area contributed by atoms with E-state index < -0.39 is 0 Å². The van der Waals surface area contributed by atoms with Crippen LogP contribution in [0, 0.1) is 0 Å². The molecule has 1 heterocycles. The maximum atomic E-state index is 12.1. The first-order valence-corrected chi connectivity index (χ1v) is 6.62. The van der Waals surface area contributed by atoms with Gasteiger partial charge in [0.25, 0.3) is 0 Å². The number of amides is 1. The van der Waals surface area contributed by atoms with E-state index in [2.05, 4.69) is 16.7 Å². The number of hydrogen-bond acceptors (Lipinski definition) is 3. The summed E-state index contributed by atoms with van der Waals surface area (Å²) in [6.45, 7) is 2.24. The summed E-state index contributed by atoms with van der Waals surface area (Å²) < 4.78 is 0. The molecule has 0 fully saturated rings. The Labute approximate surface area is 108 Å². The lowest BCUT2D eigenvalue weighted by Gasteiger charge is -2.26. The molecule has 0 aromatic heterocycles. The standard InChI is InChI=1S/C14H21N3O/c15-8-3-4-9-17-14(18)13-12-6-2-1-5-11(12)7-10-16-13/h1-2,5-6,13,16H,3-4,7-10,15H2,(H,17,18). The van der Waals surface area contributed by atoms with Crippen molar-refractivity contribution in [2.24, 2.45) is 5.73 Å². The Morgan fingerprint density at radius 1 is 1.39 bits per heavy atom. The maximum absolute atomic E-state index is 12.1. The van der Waals surface area contributed by atoms with Crippen molar-refractivity contribution in [3.05, 3.63) is 35.4 Å². The fourth-order valence-corrected chi connectivity index (χ4v) is 2.32. The van der Waals surface area contributed by atoms with Crippen LogP contribution in [0.1, 0.15) is 30.0 Å². The molecule has 18 heavy (non-hydrogen) atoms. The average Bonchev–Trinajstić information content (AvgIpc) is 2.43. The van der Waals surface area contributed by atoms with Gasteiger partial charge in [0.2, 0.25) is 5.91 Å². The molecule has 1 aliphatic heterocycles. The van der Waals surface area contributed by atoms with Crippen LogP contribution in [0.2, 0.25) is 0 Å². The van der Waals surface area contributed by atoms with Crippen molar-refractivity contribution < 1.29 is 4.79 Å². The monoisotopic (exact) mass is 247 g/mol. The van der Waals surface area contributed by atoms with E-state index in [9.17, 15) is 4.79 Å². The second kappa shape index (κ2) is 6.52. The zero-order chi connectivity index (χ0) is 12.8. The first-order chi connectivity index (χ1) is 8.83. The number of carbonyl (C=O) groups is 1. The molecule has 4 N–H and O–H groups in total. The lowest BCUT2D eigenvalue weighted by atomic mass is 9.94. The number of nitrogens with two attached hydrogens (primary N) is 1. The quantitative estimate of drug-likeness (QED) is 0.672. The molecule has 98 valence electrons. The topological polar surface area (TPSA) is 67.1 Å². The first kappa shape index (κ1) is 13.1. The van der Waals surface area contributed by atoms with Gasteiger partial charge in [0, 0.05) is 13.1 Å². The minimum Gasteiger partial charge on any atom is -0.354 e. The lowest BCUT2D eigenvalue weighted by Crippen LogP contribution is -2.41. The molecule has 0 aliphatic carbocycles. The number of fused-ring (bicyclic) bond motifs is 1. The van der Waals surface area contributed by atoms with E-state index in [1.54, 1.807) is 0 Å². The molecule has 0 saturated heterocycles. The molecule has 1 unspecified atom stereocenters. The molecular formula is C14H21N3O. The van der Waals surface area contributed by atoms with Crippen molar-refractivity contribution >= 4 is 5.91 Å². The third kappa shape index (κ3) is 3.09. The van der Waals surface area contributed by atoms with E-state index in [0.29, 0.717) is 13.1 Å². The second-order valence-electron chi connectivity index (χ2n) is 4.62. The van der Waals surface area contributed by atoms with Gasteiger partial charge < -0.3 is 16.4 Å². The van der Waals surface area contributed by atoms with Gasteiger partial charge in [0.15, 0.2) is 0 Å². The molecule has 4 heteroatoms. The minimum absolute atomic E-state index is 0.0687. The van der Waals surface area contributed by atoms with Crippen LogP contribution in [0.25, 0.3) is 0 Å². The van der Waals surface area contributed by atoms with E-state index in [-0.39, 0.29) is 11.9 Å². The predicted octanol–water partition coefficient (Wildman–Crippen LogP) is 0.729. The largest absolute Gasteiger partial charge is 0.354 e. The summed E-state index contributed by atoms with van der Waals surface area (Å²) in [7, 11) is 0. The van der Waals surface area contributed by atoms with Gasteiger partial charge in [-0.1, -0.05) is 24.3 Å². The lowest BCUT2D eigenvalue weighted by molar-refractivity contribution is -0.123. The van der Waals surface area contributed by atoms with Crippen LogP contribution in [0.15, 0.2) is 24.3 Å². The zero-order valence-corrected chi connectivity index (χ0v) is 10.6. The highest BCUT2D eigenvalue weighted by Crippen LogP contribution is 2.22. The molecule has 0 radical (unpaired) electrons. The Bertz CT molecular complexity index is 406. The molecule has 0 saturated carbocycles. The maximum Gasteiger partial charge on any atom is 0.241 e. The van der Waals surface area contributed by atoms with Crippen molar-refractivity contribution in [2.75, 3.05) is 19.6 Å². The summed E-state index contributed by atoms with van der Waals surface area (Å²) in [5.41, 5.74) is 7.81. The van der Waals surface area contributed by atoms with Crippen molar-refractivity contribution in [3.8, 4) is 0 Å². The minimum atomic E-state index is -0.201. The Morgan fingerprint density at radius 3 is 3.06 bits per heavy atom. The first-order valence-electron chi connectivity index (χ1n) is 6.62. The van der Waals surface area contributed by atoms with Gasteiger partial charge in [-0.25, -0.2) is 0 Å². The summed E-state index contributed by atoms with van der Waals surface area (Å²) in [6, 6.07) is 7.95. The predicted molar refractivity (Wildman–Crippen MR) is 72.2 cm³/mol. The van der Waals surface area contributed by atoms with Crippen molar-refractivity contribution in [1.82, 2.24) is 10.6 Å². The number of nitrogens with one attached hydrogen (secondary N) is 2. The van der Waals surface area contributed by atoms with Gasteiger partial charge in [0.1, 0.15) is 6.04 Å². The molecule has 1 amide bonds. The van der Waals surface area contributed by atoms with Gasteiger partial charge >= 0.3 is 0 Å². The molecule has 1 aromatic rings.